The van der Waals surface area contributed by atoms with Crippen LogP contribution in [-0.2, 0) is 4.74 Å². The second-order valence-electron chi connectivity index (χ2n) is 10.5. The maximum Gasteiger partial charge on any atom is 0.324 e. The molecule has 0 bridgehead atoms. The van der Waals surface area contributed by atoms with Gasteiger partial charge in [-0.25, -0.2) is 4.39 Å². The second-order valence-corrected chi connectivity index (χ2v) is 10.5. The van der Waals surface area contributed by atoms with Gasteiger partial charge in [0.2, 0.25) is 0 Å². The Bertz CT molecular complexity index is 1620. The molecule has 2 saturated heterocycles. The predicted molar refractivity (Wildman–Crippen MR) is 147 cm³/mol. The molecule has 0 radical (unpaired) electrons. The number of benzene rings is 2. The summed E-state index contributed by atoms with van der Waals surface area (Å²) in [7, 11) is 0. The fourth-order valence-corrected chi connectivity index (χ4v) is 6.07. The maximum absolute atomic E-state index is 16.5. The average molecular weight is 528 g/mol. The summed E-state index contributed by atoms with van der Waals surface area (Å²) in [5, 5.41) is 12.5. The van der Waals surface area contributed by atoms with Gasteiger partial charge in [0.15, 0.2) is 5.82 Å². The third-order valence-corrected chi connectivity index (χ3v) is 7.87. The molecule has 0 amide bonds. The van der Waals surface area contributed by atoms with Gasteiger partial charge in [-0.3, -0.25) is 4.98 Å². The molecule has 3 aliphatic rings. The van der Waals surface area contributed by atoms with Crippen LogP contribution in [0.2, 0.25) is 0 Å². The molecule has 1 atom stereocenters. The largest absolute Gasteiger partial charge is 0.508 e. The summed E-state index contributed by atoms with van der Waals surface area (Å²) in [6.45, 7) is 6.00. The maximum atomic E-state index is 16.5. The van der Waals surface area contributed by atoms with Crippen LogP contribution in [0.1, 0.15) is 32.6 Å². The number of fused-ring (bicyclic) bond motifs is 3. The van der Waals surface area contributed by atoms with Crippen molar-refractivity contribution in [2.75, 3.05) is 37.7 Å². The van der Waals surface area contributed by atoms with Crippen molar-refractivity contribution >= 4 is 27.5 Å². The monoisotopic (exact) mass is 527 g/mol. The van der Waals surface area contributed by atoms with Gasteiger partial charge in [-0.1, -0.05) is 24.3 Å². The van der Waals surface area contributed by atoms with Crippen molar-refractivity contribution in [2.24, 2.45) is 0 Å². The Balaban J connectivity index is 1.41. The quantitative estimate of drug-likeness (QED) is 0.378. The number of halogens is 1. The van der Waals surface area contributed by atoms with Gasteiger partial charge >= 0.3 is 6.01 Å². The van der Waals surface area contributed by atoms with Crippen LogP contribution in [0.25, 0.3) is 32.9 Å². The standard InChI is InChI=1S/C30H30FN5O3/c1-18-17-36(11-5-13-38-18)29-23-16-32-27(22-15-20(37)14-19-6-2-3-7-21(19)22)26(31)28(23)33-30(34-29)39-25-9-12-35-10-4-8-24(25)35/h2-3,6-7,14-16,18,37H,4-5,8-13,17H2,1H3. The molecule has 3 aliphatic heterocycles. The molecule has 0 saturated carbocycles. The van der Waals surface area contributed by atoms with E-state index in [-0.39, 0.29) is 29.1 Å². The zero-order valence-corrected chi connectivity index (χ0v) is 21.9. The molecule has 2 aromatic carbocycles. The van der Waals surface area contributed by atoms with Crippen LogP contribution in [-0.4, -0.2) is 63.8 Å². The summed E-state index contributed by atoms with van der Waals surface area (Å²) in [6.07, 6.45) is 5.35. The summed E-state index contributed by atoms with van der Waals surface area (Å²) in [5.74, 6) is 0.950. The van der Waals surface area contributed by atoms with Crippen molar-refractivity contribution < 1.29 is 19.0 Å². The first-order valence-electron chi connectivity index (χ1n) is 13.6. The Hall–Kier alpha value is -3.98. The van der Waals surface area contributed by atoms with Crippen LogP contribution < -0.4 is 9.64 Å². The molecule has 0 spiro atoms. The van der Waals surface area contributed by atoms with Crippen molar-refractivity contribution in [3.05, 3.63) is 59.9 Å². The number of allylic oxidation sites excluding steroid dienone is 1. The molecule has 8 nitrogen and oxygen atoms in total. The molecule has 9 heteroatoms. The van der Waals surface area contributed by atoms with Gasteiger partial charge < -0.3 is 24.4 Å². The van der Waals surface area contributed by atoms with Gasteiger partial charge in [0, 0.05) is 51.0 Å². The van der Waals surface area contributed by atoms with Gasteiger partial charge in [0.1, 0.15) is 28.5 Å². The number of nitrogens with zero attached hydrogens (tertiary/aromatic N) is 5. The third kappa shape index (κ3) is 4.30. The van der Waals surface area contributed by atoms with Crippen molar-refractivity contribution in [1.82, 2.24) is 19.9 Å². The van der Waals surface area contributed by atoms with Gasteiger partial charge in [-0.2, -0.15) is 9.97 Å². The average Bonchev–Trinajstić information content (AvgIpc) is 3.48. The summed E-state index contributed by atoms with van der Waals surface area (Å²) in [6, 6.07) is 10.9. The molecule has 1 N–H and O–H groups in total. The van der Waals surface area contributed by atoms with Crippen molar-refractivity contribution in [3.8, 4) is 23.0 Å². The van der Waals surface area contributed by atoms with Crippen LogP contribution in [0.3, 0.4) is 0 Å². The Morgan fingerprint density at radius 1 is 1.03 bits per heavy atom. The highest BCUT2D eigenvalue weighted by atomic mass is 19.1. The first kappa shape index (κ1) is 24.1. The number of aromatic nitrogens is 3. The van der Waals surface area contributed by atoms with Crippen LogP contribution in [0.15, 0.2) is 54.1 Å². The van der Waals surface area contributed by atoms with E-state index in [2.05, 4.69) is 19.8 Å². The first-order valence-corrected chi connectivity index (χ1v) is 13.6. The van der Waals surface area contributed by atoms with Crippen LogP contribution in [0.4, 0.5) is 10.2 Å². The number of anilines is 1. The summed E-state index contributed by atoms with van der Waals surface area (Å²) < 4.78 is 28.6. The zero-order valence-electron chi connectivity index (χ0n) is 21.9. The van der Waals surface area contributed by atoms with Crippen molar-refractivity contribution in [2.45, 2.75) is 38.7 Å². The van der Waals surface area contributed by atoms with Gasteiger partial charge in [0.05, 0.1) is 17.2 Å². The topological polar surface area (TPSA) is 83.8 Å². The first-order chi connectivity index (χ1) is 19.0. The fraction of sp³-hybridized carbons (Fsp3) is 0.367. The molecule has 0 aliphatic carbocycles. The highest BCUT2D eigenvalue weighted by molar-refractivity contribution is 5.99. The van der Waals surface area contributed by atoms with Gasteiger partial charge in [-0.05, 0) is 49.1 Å². The van der Waals surface area contributed by atoms with E-state index in [0.29, 0.717) is 29.9 Å². The smallest absolute Gasteiger partial charge is 0.324 e. The molecular weight excluding hydrogens is 497 g/mol. The minimum Gasteiger partial charge on any atom is -0.508 e. The Labute approximate surface area is 225 Å². The number of rotatable bonds is 4. The molecule has 1 unspecified atom stereocenters. The fourth-order valence-electron chi connectivity index (χ4n) is 6.07. The van der Waals surface area contributed by atoms with E-state index in [1.54, 1.807) is 18.3 Å². The lowest BCUT2D eigenvalue weighted by Gasteiger charge is -2.25. The normalized spacial score (nSPS) is 19.7. The molecule has 39 heavy (non-hydrogen) atoms. The lowest BCUT2D eigenvalue weighted by Crippen LogP contribution is -2.31. The number of hydrogen-bond donors (Lipinski definition) is 1. The molecule has 2 fully saturated rings. The number of phenols is 1. The molecule has 4 aromatic rings. The van der Waals surface area contributed by atoms with Gasteiger partial charge in [-0.15, -0.1) is 0 Å². The van der Waals surface area contributed by atoms with E-state index in [4.69, 9.17) is 14.5 Å². The Morgan fingerprint density at radius 2 is 1.90 bits per heavy atom. The minimum atomic E-state index is -0.567. The van der Waals surface area contributed by atoms with E-state index >= 15 is 4.39 Å². The number of phenolic OH excluding ortho intramolecular Hbond substituents is 1. The van der Waals surface area contributed by atoms with Crippen LogP contribution in [0, 0.1) is 5.82 Å². The predicted octanol–water partition coefficient (Wildman–Crippen LogP) is 5.39. The zero-order chi connectivity index (χ0) is 26.5. The minimum absolute atomic E-state index is 0.00410. The van der Waals surface area contributed by atoms with Crippen molar-refractivity contribution in [1.29, 1.82) is 0 Å². The van der Waals surface area contributed by atoms with Crippen LogP contribution >= 0.6 is 0 Å². The Morgan fingerprint density at radius 3 is 2.82 bits per heavy atom. The van der Waals surface area contributed by atoms with Crippen LogP contribution in [0.5, 0.6) is 11.8 Å². The molecule has 7 rings (SSSR count). The number of hydrogen-bond acceptors (Lipinski definition) is 8. The van der Waals surface area contributed by atoms with E-state index in [1.165, 1.54) is 5.70 Å². The SMILES string of the molecule is CC1CN(c2nc(OC3=C4CCCN4CC3)nc3c(F)c(-c4cc(O)cc5ccccc45)ncc23)CCCO1. The van der Waals surface area contributed by atoms with E-state index in [9.17, 15) is 5.11 Å². The summed E-state index contributed by atoms with van der Waals surface area (Å²) in [4.78, 5) is 18.5. The number of ether oxygens (including phenoxy) is 2. The Kier molecular flexibility index (Phi) is 5.96. The summed E-state index contributed by atoms with van der Waals surface area (Å²) in [5.41, 5.74) is 1.99. The molecular formula is C30H30FN5O3. The van der Waals surface area contributed by atoms with E-state index in [1.807, 2.05) is 31.2 Å². The van der Waals surface area contributed by atoms with Gasteiger partial charge in [0.25, 0.3) is 0 Å². The van der Waals surface area contributed by atoms with E-state index in [0.717, 1.165) is 61.8 Å². The molecule has 5 heterocycles. The van der Waals surface area contributed by atoms with E-state index < -0.39 is 5.82 Å². The lowest BCUT2D eigenvalue weighted by atomic mass is 10.0. The number of aromatic hydroxyl groups is 1. The molecule has 2 aromatic heterocycles. The highest BCUT2D eigenvalue weighted by Gasteiger charge is 2.30. The lowest BCUT2D eigenvalue weighted by molar-refractivity contribution is 0.0820. The highest BCUT2D eigenvalue weighted by Crippen LogP contribution is 2.38. The molecule has 200 valence electrons. The third-order valence-electron chi connectivity index (χ3n) is 7.87. The van der Waals surface area contributed by atoms with Crippen molar-refractivity contribution in [3.63, 3.8) is 0 Å². The second kappa shape index (κ2) is 9.64. The number of pyridine rings is 1. The summed E-state index contributed by atoms with van der Waals surface area (Å²) >= 11 is 0.